The van der Waals surface area contributed by atoms with E-state index in [0.29, 0.717) is 4.57 Å². The summed E-state index contributed by atoms with van der Waals surface area (Å²) in [5.74, 6) is 4.21. The SMILES string of the molecule is [2H]C([2H])(OP(=O)(O)OP(=O)(O)OP(=O)(O)O)[C@H]1O[C@@H](n2cnc(N)nc2=O)C(N)(C#CC)[C@H]1O. The van der Waals surface area contributed by atoms with Crippen molar-refractivity contribution in [3.05, 3.63) is 16.8 Å². The van der Waals surface area contributed by atoms with Crippen molar-refractivity contribution in [1.82, 2.24) is 14.5 Å². The highest BCUT2D eigenvalue weighted by molar-refractivity contribution is 7.66. The topological polar surface area (TPSA) is 289 Å². The Labute approximate surface area is 181 Å². The number of nitrogens with zero attached hydrogens (tertiary/aromatic N) is 3. The Bertz CT molecular complexity index is 1210. The van der Waals surface area contributed by atoms with Gasteiger partial charge in [0.05, 0.1) is 9.30 Å². The summed E-state index contributed by atoms with van der Waals surface area (Å²) < 4.78 is 67.0. The Balaban J connectivity index is 2.40. The molecular weight excluding hydrogens is 503 g/mol. The third-order valence-electron chi connectivity index (χ3n) is 3.50. The number of nitrogen functional groups attached to an aromatic ring is 1. The van der Waals surface area contributed by atoms with Crippen molar-refractivity contribution in [2.75, 3.05) is 12.3 Å². The Kier molecular flexibility index (Phi) is 6.92. The Morgan fingerprint density at radius 2 is 1.94 bits per heavy atom. The minimum atomic E-state index is -6.00. The fourth-order valence-corrected chi connectivity index (χ4v) is 5.27. The van der Waals surface area contributed by atoms with Gasteiger partial charge in [-0.2, -0.15) is 13.6 Å². The van der Waals surface area contributed by atoms with E-state index >= 15 is 0 Å². The lowest BCUT2D eigenvalue weighted by molar-refractivity contribution is -0.0471. The summed E-state index contributed by atoms with van der Waals surface area (Å²) >= 11 is 0. The van der Waals surface area contributed by atoms with Gasteiger partial charge in [0.25, 0.3) is 0 Å². The first-order valence-corrected chi connectivity index (χ1v) is 12.4. The van der Waals surface area contributed by atoms with Gasteiger partial charge in [-0.1, -0.05) is 5.92 Å². The van der Waals surface area contributed by atoms with E-state index in [9.17, 15) is 33.4 Å². The van der Waals surface area contributed by atoms with Crippen molar-refractivity contribution in [3.8, 4) is 11.8 Å². The molecule has 0 aromatic carbocycles. The zero-order valence-corrected chi connectivity index (χ0v) is 18.3. The molecule has 32 heavy (non-hydrogen) atoms. The van der Waals surface area contributed by atoms with Gasteiger partial charge in [0.2, 0.25) is 5.95 Å². The van der Waals surface area contributed by atoms with Crippen LogP contribution < -0.4 is 17.2 Å². The lowest BCUT2D eigenvalue weighted by Gasteiger charge is -2.27. The molecule has 180 valence electrons. The van der Waals surface area contributed by atoms with Crippen molar-refractivity contribution in [1.29, 1.82) is 0 Å². The fraction of sp³-hybridized carbons (Fsp3) is 0.545. The summed E-state index contributed by atoms with van der Waals surface area (Å²) in [5.41, 5.74) is 7.97. The second kappa shape index (κ2) is 9.37. The van der Waals surface area contributed by atoms with Crippen LogP contribution in [0.4, 0.5) is 5.95 Å². The highest BCUT2D eigenvalue weighted by atomic mass is 31.3. The number of ether oxygens (including phenoxy) is 1. The van der Waals surface area contributed by atoms with E-state index in [1.165, 1.54) is 6.92 Å². The largest absolute Gasteiger partial charge is 0.490 e. The first kappa shape index (κ1) is 23.6. The molecule has 3 unspecified atom stereocenters. The molecule has 1 aromatic rings. The van der Waals surface area contributed by atoms with Crippen molar-refractivity contribution in [2.24, 2.45) is 5.73 Å². The summed E-state index contributed by atoms with van der Waals surface area (Å²) in [6.45, 7) is -2.31. The van der Waals surface area contributed by atoms with Gasteiger partial charge < -0.3 is 40.9 Å². The Morgan fingerprint density at radius 3 is 2.47 bits per heavy atom. The number of anilines is 1. The molecule has 1 saturated heterocycles. The molecule has 9 N–H and O–H groups in total. The Morgan fingerprint density at radius 1 is 1.31 bits per heavy atom. The molecule has 0 amide bonds. The van der Waals surface area contributed by atoms with Gasteiger partial charge in [-0.05, 0) is 6.92 Å². The van der Waals surface area contributed by atoms with Gasteiger partial charge in [-0.3, -0.25) is 9.09 Å². The monoisotopic (exact) mass is 523 g/mol. The summed E-state index contributed by atoms with van der Waals surface area (Å²) in [6, 6.07) is 0. The first-order valence-electron chi connectivity index (χ1n) is 8.84. The maximum absolute atomic E-state index is 12.2. The minimum Gasteiger partial charge on any atom is -0.387 e. The van der Waals surface area contributed by atoms with Gasteiger partial charge in [0.15, 0.2) is 11.8 Å². The summed E-state index contributed by atoms with van der Waals surface area (Å²) in [7, 11) is -17.7. The molecule has 0 bridgehead atoms. The van der Waals surface area contributed by atoms with Crippen LogP contribution in [0, 0.1) is 11.8 Å². The second-order valence-corrected chi connectivity index (χ2v) is 10.2. The fourth-order valence-electron chi connectivity index (χ4n) is 2.39. The molecule has 21 heteroatoms. The van der Waals surface area contributed by atoms with Crippen LogP contribution in [0.25, 0.3) is 0 Å². The van der Waals surface area contributed by atoms with E-state index < -0.39 is 65.6 Å². The van der Waals surface area contributed by atoms with E-state index in [4.69, 9.17) is 28.7 Å². The molecule has 1 aliphatic heterocycles. The quantitative estimate of drug-likeness (QED) is 0.137. The summed E-state index contributed by atoms with van der Waals surface area (Å²) in [5, 5.41) is 10.6. The number of aromatic nitrogens is 3. The van der Waals surface area contributed by atoms with Crippen molar-refractivity contribution < 1.29 is 59.0 Å². The van der Waals surface area contributed by atoms with Crippen LogP contribution in [0.2, 0.25) is 0 Å². The highest BCUT2D eigenvalue weighted by Crippen LogP contribution is 2.66. The number of aliphatic hydroxyl groups excluding tert-OH is 1. The molecule has 0 saturated carbocycles. The van der Waals surface area contributed by atoms with Crippen LogP contribution in [0.5, 0.6) is 0 Å². The van der Waals surface area contributed by atoms with Crippen LogP contribution in [-0.2, 0) is 31.6 Å². The molecule has 2 rings (SSSR count). The zero-order chi connectivity index (χ0) is 26.3. The highest BCUT2D eigenvalue weighted by Gasteiger charge is 2.55. The van der Waals surface area contributed by atoms with Crippen molar-refractivity contribution in [3.63, 3.8) is 0 Å². The summed E-state index contributed by atoms with van der Waals surface area (Å²) in [6.07, 6.45) is -5.54. The predicted molar refractivity (Wildman–Crippen MR) is 101 cm³/mol. The predicted octanol–water partition coefficient (Wildman–Crippen LogP) is -2.46. The van der Waals surface area contributed by atoms with E-state index in [0.717, 1.165) is 6.33 Å². The molecule has 1 aliphatic rings. The van der Waals surface area contributed by atoms with Crippen LogP contribution >= 0.6 is 23.5 Å². The van der Waals surface area contributed by atoms with Gasteiger partial charge in [0, 0.05) is 0 Å². The van der Waals surface area contributed by atoms with Crippen molar-refractivity contribution >= 4 is 29.4 Å². The molecule has 6 atom stereocenters. The lowest BCUT2D eigenvalue weighted by Crippen LogP contribution is -2.55. The van der Waals surface area contributed by atoms with Crippen LogP contribution in [-0.4, -0.2) is 63.5 Å². The second-order valence-electron chi connectivity index (χ2n) is 5.87. The van der Waals surface area contributed by atoms with Crippen molar-refractivity contribution in [2.45, 2.75) is 30.9 Å². The molecule has 1 aromatic heterocycles. The van der Waals surface area contributed by atoms with E-state index in [1.807, 2.05) is 0 Å². The number of aliphatic hydroxyl groups is 1. The lowest BCUT2D eigenvalue weighted by atomic mass is 9.91. The van der Waals surface area contributed by atoms with Gasteiger partial charge in [-0.25, -0.2) is 23.5 Å². The summed E-state index contributed by atoms with van der Waals surface area (Å²) in [4.78, 5) is 55.0. The average molecular weight is 523 g/mol. The molecule has 1 fully saturated rings. The number of rotatable bonds is 8. The first-order chi connectivity index (χ1) is 15.2. The smallest absolute Gasteiger partial charge is 0.387 e. The third kappa shape index (κ3) is 6.50. The number of phosphoric ester groups is 1. The molecular formula is C11H18N5O13P3. The standard InChI is InChI=1S/C11H18N5O13P3/c1-2-3-11(13)7(17)6(27-8(11)16-5-14-9(12)15-10(16)18)4-26-31(22,23)29-32(24,25)28-30(19,20)21/h5-8,17H,4,13H2,1H3,(H,22,23)(H,24,25)(H2,12,15,18)(H2,19,20,21)/t6-,7+,8-,11?/m1/s1/i4D2. The minimum absolute atomic E-state index is 0.441. The number of phosphoric acid groups is 3. The van der Waals surface area contributed by atoms with Gasteiger partial charge in [-0.15, -0.1) is 5.92 Å². The maximum atomic E-state index is 12.2. The van der Waals surface area contributed by atoms with E-state index in [1.54, 1.807) is 0 Å². The zero-order valence-electron chi connectivity index (χ0n) is 17.6. The van der Waals surface area contributed by atoms with Crippen LogP contribution in [0.3, 0.4) is 0 Å². The molecule has 18 nitrogen and oxygen atoms in total. The van der Waals surface area contributed by atoms with E-state index in [-0.39, 0.29) is 0 Å². The number of hydrogen-bond acceptors (Lipinski definition) is 13. The molecule has 0 spiro atoms. The van der Waals surface area contributed by atoms with Gasteiger partial charge >= 0.3 is 29.2 Å². The average Bonchev–Trinajstić information content (AvgIpc) is 2.83. The maximum Gasteiger partial charge on any atom is 0.490 e. The number of hydrogen-bond donors (Lipinski definition) is 7. The normalized spacial score (nSPS) is 30.9. The number of nitrogens with two attached hydrogens (primary N) is 2. The van der Waals surface area contributed by atoms with Crippen LogP contribution in [0.15, 0.2) is 11.1 Å². The molecule has 2 heterocycles. The molecule has 0 radical (unpaired) electrons. The van der Waals surface area contributed by atoms with Gasteiger partial charge in [0.1, 0.15) is 18.5 Å². The Hall–Kier alpha value is -1.54. The van der Waals surface area contributed by atoms with E-state index in [2.05, 4.69) is 35.0 Å². The van der Waals surface area contributed by atoms with Crippen LogP contribution in [0.1, 0.15) is 15.9 Å². The molecule has 0 aliphatic carbocycles. The third-order valence-corrected chi connectivity index (χ3v) is 7.16.